The molecule has 0 aromatic heterocycles. The maximum Gasteiger partial charge on any atom is 0.0455 e. The molecule has 2 rings (SSSR count). The molecule has 2 fully saturated rings. The summed E-state index contributed by atoms with van der Waals surface area (Å²) < 4.78 is 0. The van der Waals surface area contributed by atoms with Gasteiger partial charge in [-0.2, -0.15) is 0 Å². The molecule has 0 bridgehead atoms. The fraction of sp³-hybridized carbons (Fsp3) is 1.00. The lowest BCUT2D eigenvalue weighted by atomic mass is 10.3. The minimum Gasteiger partial charge on any atom is -0.0605 e. The maximum atomic E-state index is 1.57. The summed E-state index contributed by atoms with van der Waals surface area (Å²) in [6, 6.07) is 1.56. The number of hydrogen-bond acceptors (Lipinski definition) is 0. The van der Waals surface area contributed by atoms with Crippen LogP contribution in [0.2, 0.25) is 11.1 Å². The Kier molecular flexibility index (Phi) is 0.399. The van der Waals surface area contributed by atoms with Crippen LogP contribution in [-0.2, 0) is 0 Å². The quantitative estimate of drug-likeness (QED) is 0.400. The Morgan fingerprint density at radius 1 is 1.17 bits per heavy atom. The van der Waals surface area contributed by atoms with E-state index in [0.29, 0.717) is 0 Å². The van der Waals surface area contributed by atoms with Crippen molar-refractivity contribution in [3.63, 3.8) is 0 Å². The van der Waals surface area contributed by atoms with Crippen LogP contribution in [0.1, 0.15) is 19.3 Å². The van der Waals surface area contributed by atoms with Crippen LogP contribution in [0.15, 0.2) is 0 Å². The Labute approximate surface area is 40.8 Å². The van der Waals surface area contributed by atoms with Crippen molar-refractivity contribution in [2.45, 2.75) is 30.3 Å². The zero-order valence-electron chi connectivity index (χ0n) is 3.83. The molecule has 1 aliphatic heterocycles. The predicted octanol–water partition coefficient (Wildman–Crippen LogP) is 1.47. The summed E-state index contributed by atoms with van der Waals surface area (Å²) >= 11 is 0. The average molecular weight is 96.2 g/mol. The van der Waals surface area contributed by atoms with E-state index in [0.717, 1.165) is 5.04 Å². The largest absolute Gasteiger partial charge is 0.0605 e. The van der Waals surface area contributed by atoms with Crippen LogP contribution in [0, 0.1) is 0 Å². The molecule has 6 heavy (non-hydrogen) atoms. The van der Waals surface area contributed by atoms with Crippen LogP contribution in [0.5, 0.6) is 0 Å². The lowest BCUT2D eigenvalue weighted by Gasteiger charge is -2.22. The molecule has 2 aliphatic rings. The fourth-order valence-corrected chi connectivity index (χ4v) is 2.49. The second kappa shape index (κ2) is 0.737. The Morgan fingerprint density at radius 2 is 1.83 bits per heavy atom. The molecular weight excluding hydrogens is 88.1 g/mol. The molecule has 0 aromatic carbocycles. The van der Waals surface area contributed by atoms with Crippen LogP contribution in [0.25, 0.3) is 0 Å². The smallest absolute Gasteiger partial charge is 0.0455 e. The van der Waals surface area contributed by atoms with Gasteiger partial charge in [0.05, 0.1) is 0 Å². The van der Waals surface area contributed by atoms with Crippen molar-refractivity contribution in [1.29, 1.82) is 0 Å². The van der Waals surface area contributed by atoms with E-state index in [2.05, 4.69) is 0 Å². The highest BCUT2D eigenvalue weighted by Gasteiger charge is 2.47. The molecule has 1 aliphatic carbocycles. The van der Waals surface area contributed by atoms with Crippen molar-refractivity contribution in [2.75, 3.05) is 0 Å². The molecule has 1 heteroatoms. The standard InChI is InChI=1S/C5H8Si/c1-2-5(1)3-4-6-5/h1-4H2. The Morgan fingerprint density at radius 3 is 1.83 bits per heavy atom. The van der Waals surface area contributed by atoms with E-state index in [4.69, 9.17) is 0 Å². The first-order valence-corrected chi connectivity index (χ1v) is 3.87. The minimum atomic E-state index is 1.00. The normalized spacial score (nSPS) is 36.0. The Balaban J connectivity index is 2.09. The summed E-state index contributed by atoms with van der Waals surface area (Å²) in [6.45, 7) is 0. The summed E-state index contributed by atoms with van der Waals surface area (Å²) in [6.07, 6.45) is 4.72. The molecule has 2 radical (unpaired) electrons. The van der Waals surface area contributed by atoms with E-state index < -0.39 is 0 Å². The molecule has 0 amide bonds. The molecule has 0 unspecified atom stereocenters. The molecule has 0 N–H and O–H groups in total. The third-order valence-corrected chi connectivity index (χ3v) is 3.96. The van der Waals surface area contributed by atoms with Crippen molar-refractivity contribution >= 4 is 9.52 Å². The van der Waals surface area contributed by atoms with Crippen molar-refractivity contribution in [1.82, 2.24) is 0 Å². The highest BCUT2D eigenvalue weighted by atomic mass is 28.2. The summed E-state index contributed by atoms with van der Waals surface area (Å²) in [4.78, 5) is 0. The average Bonchev–Trinajstić information content (AvgIpc) is 2.02. The second-order valence-electron chi connectivity index (χ2n) is 2.46. The van der Waals surface area contributed by atoms with Gasteiger partial charge in [0.1, 0.15) is 0 Å². The summed E-state index contributed by atoms with van der Waals surface area (Å²) in [5.41, 5.74) is 0. The molecule has 1 saturated heterocycles. The number of hydrogen-bond donors (Lipinski definition) is 0. The first kappa shape index (κ1) is 3.25. The highest BCUT2D eigenvalue weighted by Crippen LogP contribution is 2.63. The lowest BCUT2D eigenvalue weighted by molar-refractivity contribution is 0.729. The van der Waals surface area contributed by atoms with E-state index in [1.54, 1.807) is 25.3 Å². The third-order valence-electron chi connectivity index (χ3n) is 1.96. The van der Waals surface area contributed by atoms with Gasteiger partial charge < -0.3 is 0 Å². The van der Waals surface area contributed by atoms with E-state index in [-0.39, 0.29) is 0 Å². The molecular formula is C5H8Si. The highest BCUT2D eigenvalue weighted by molar-refractivity contribution is 6.45. The van der Waals surface area contributed by atoms with Gasteiger partial charge >= 0.3 is 0 Å². The monoisotopic (exact) mass is 96.0 g/mol. The fourth-order valence-electron chi connectivity index (χ4n) is 1.06. The van der Waals surface area contributed by atoms with Crippen LogP contribution in [0.3, 0.4) is 0 Å². The lowest BCUT2D eigenvalue weighted by Crippen LogP contribution is -2.14. The predicted molar refractivity (Wildman–Crippen MR) is 27.1 cm³/mol. The summed E-state index contributed by atoms with van der Waals surface area (Å²) in [7, 11) is 1.36. The van der Waals surface area contributed by atoms with Crippen molar-refractivity contribution in [2.24, 2.45) is 0 Å². The van der Waals surface area contributed by atoms with Gasteiger partial charge in [-0.15, -0.1) is 0 Å². The Hall–Kier alpha value is 0.217. The van der Waals surface area contributed by atoms with Gasteiger partial charge in [-0.3, -0.25) is 0 Å². The van der Waals surface area contributed by atoms with E-state index >= 15 is 0 Å². The van der Waals surface area contributed by atoms with E-state index in [1.807, 2.05) is 0 Å². The topological polar surface area (TPSA) is 0 Å². The summed E-state index contributed by atoms with van der Waals surface area (Å²) in [5.74, 6) is 0. The molecule has 0 nitrogen and oxygen atoms in total. The molecule has 32 valence electrons. The molecule has 1 spiro atoms. The van der Waals surface area contributed by atoms with Crippen LogP contribution >= 0.6 is 0 Å². The molecule has 1 heterocycles. The Bertz CT molecular complexity index is 68.0. The third kappa shape index (κ3) is 0.250. The number of rotatable bonds is 0. The van der Waals surface area contributed by atoms with Gasteiger partial charge in [0.15, 0.2) is 0 Å². The van der Waals surface area contributed by atoms with Crippen molar-refractivity contribution < 1.29 is 0 Å². The second-order valence-corrected chi connectivity index (χ2v) is 4.37. The van der Waals surface area contributed by atoms with E-state index in [9.17, 15) is 0 Å². The van der Waals surface area contributed by atoms with Crippen LogP contribution < -0.4 is 0 Å². The van der Waals surface area contributed by atoms with E-state index in [1.165, 1.54) is 9.52 Å². The molecule has 0 atom stereocenters. The first-order chi connectivity index (χ1) is 2.91. The molecule has 0 aromatic rings. The minimum absolute atomic E-state index is 1.00. The van der Waals surface area contributed by atoms with Gasteiger partial charge in [-0.1, -0.05) is 25.3 Å². The molecule has 1 saturated carbocycles. The first-order valence-electron chi connectivity index (χ1n) is 2.66. The zero-order chi connectivity index (χ0) is 4.04. The summed E-state index contributed by atoms with van der Waals surface area (Å²) in [5, 5.41) is 1.00. The van der Waals surface area contributed by atoms with Crippen LogP contribution in [0.4, 0.5) is 0 Å². The van der Waals surface area contributed by atoms with Crippen molar-refractivity contribution in [3.8, 4) is 0 Å². The van der Waals surface area contributed by atoms with Gasteiger partial charge in [0.25, 0.3) is 0 Å². The van der Waals surface area contributed by atoms with Gasteiger partial charge in [0, 0.05) is 9.52 Å². The van der Waals surface area contributed by atoms with Gasteiger partial charge in [0.2, 0.25) is 0 Å². The van der Waals surface area contributed by atoms with Gasteiger partial charge in [-0.25, -0.2) is 0 Å². The maximum absolute atomic E-state index is 1.57. The zero-order valence-corrected chi connectivity index (χ0v) is 4.83. The SMILES string of the molecule is C1CC2(CC2)[Si]1. The van der Waals surface area contributed by atoms with Gasteiger partial charge in [-0.05, 0) is 5.04 Å². The van der Waals surface area contributed by atoms with Crippen LogP contribution in [-0.4, -0.2) is 9.52 Å². The van der Waals surface area contributed by atoms with Crippen molar-refractivity contribution in [3.05, 3.63) is 0 Å².